The van der Waals surface area contributed by atoms with Gasteiger partial charge in [-0.15, -0.1) is 5.10 Å². The molecule has 1 heterocycles. The standard InChI is InChI=1S/C14H17FN4O/c1-2-5-12-17-13(19-18-12)14(20)16-9-8-10-6-3-4-7-11(10)15/h3-4,6-7H,2,5,8-9H2,1H3,(H,16,20)(H,17,18,19). The second-order valence-corrected chi connectivity index (χ2v) is 4.45. The molecule has 1 aromatic heterocycles. The van der Waals surface area contributed by atoms with Gasteiger partial charge in [0, 0.05) is 13.0 Å². The minimum absolute atomic E-state index is 0.127. The molecule has 2 aromatic rings. The minimum atomic E-state index is -0.347. The fourth-order valence-electron chi connectivity index (χ4n) is 1.84. The average molecular weight is 276 g/mol. The molecule has 0 saturated carbocycles. The van der Waals surface area contributed by atoms with Gasteiger partial charge in [0.15, 0.2) is 0 Å². The lowest BCUT2D eigenvalue weighted by Gasteiger charge is -2.03. The molecule has 2 rings (SSSR count). The summed E-state index contributed by atoms with van der Waals surface area (Å²) in [7, 11) is 0. The molecule has 0 aliphatic rings. The van der Waals surface area contributed by atoms with Gasteiger partial charge >= 0.3 is 0 Å². The first-order chi connectivity index (χ1) is 9.70. The summed E-state index contributed by atoms with van der Waals surface area (Å²) in [6.45, 7) is 2.37. The van der Waals surface area contributed by atoms with Crippen molar-refractivity contribution in [1.82, 2.24) is 20.5 Å². The van der Waals surface area contributed by atoms with E-state index in [1.165, 1.54) is 6.07 Å². The molecule has 0 aliphatic heterocycles. The Kier molecular flexibility index (Phi) is 4.81. The summed E-state index contributed by atoms with van der Waals surface area (Å²) < 4.78 is 13.4. The average Bonchev–Trinajstić information content (AvgIpc) is 2.90. The lowest BCUT2D eigenvalue weighted by Crippen LogP contribution is -2.27. The molecule has 5 nitrogen and oxygen atoms in total. The second-order valence-electron chi connectivity index (χ2n) is 4.45. The zero-order valence-electron chi connectivity index (χ0n) is 11.3. The van der Waals surface area contributed by atoms with E-state index in [4.69, 9.17) is 0 Å². The lowest BCUT2D eigenvalue weighted by atomic mass is 10.1. The van der Waals surface area contributed by atoms with E-state index in [0.717, 1.165) is 12.8 Å². The van der Waals surface area contributed by atoms with Gasteiger partial charge in [-0.25, -0.2) is 9.37 Å². The fourth-order valence-corrected chi connectivity index (χ4v) is 1.84. The van der Waals surface area contributed by atoms with E-state index in [1.807, 2.05) is 6.92 Å². The number of aryl methyl sites for hydroxylation is 1. The van der Waals surface area contributed by atoms with E-state index < -0.39 is 0 Å². The zero-order chi connectivity index (χ0) is 14.4. The first kappa shape index (κ1) is 14.2. The van der Waals surface area contributed by atoms with E-state index in [0.29, 0.717) is 24.4 Å². The highest BCUT2D eigenvalue weighted by atomic mass is 19.1. The summed E-state index contributed by atoms with van der Waals surface area (Å²) >= 11 is 0. The number of benzene rings is 1. The van der Waals surface area contributed by atoms with Crippen molar-refractivity contribution >= 4 is 5.91 Å². The monoisotopic (exact) mass is 276 g/mol. The Hall–Kier alpha value is -2.24. The van der Waals surface area contributed by atoms with Gasteiger partial charge in [0.1, 0.15) is 11.6 Å². The van der Waals surface area contributed by atoms with Crippen molar-refractivity contribution in [3.63, 3.8) is 0 Å². The normalized spacial score (nSPS) is 10.5. The number of halogens is 1. The van der Waals surface area contributed by atoms with Crippen LogP contribution in [-0.4, -0.2) is 27.6 Å². The smallest absolute Gasteiger partial charge is 0.290 e. The van der Waals surface area contributed by atoms with Crippen LogP contribution in [0.2, 0.25) is 0 Å². The Bertz CT molecular complexity index is 582. The molecule has 0 aliphatic carbocycles. The third kappa shape index (κ3) is 3.63. The zero-order valence-corrected chi connectivity index (χ0v) is 11.3. The summed E-state index contributed by atoms with van der Waals surface area (Å²) in [6.07, 6.45) is 2.13. The van der Waals surface area contributed by atoms with Gasteiger partial charge in [0.05, 0.1) is 0 Å². The van der Waals surface area contributed by atoms with E-state index in [2.05, 4.69) is 20.5 Å². The lowest BCUT2D eigenvalue weighted by molar-refractivity contribution is 0.0944. The van der Waals surface area contributed by atoms with Gasteiger partial charge in [-0.2, -0.15) is 0 Å². The van der Waals surface area contributed by atoms with Crippen LogP contribution >= 0.6 is 0 Å². The van der Waals surface area contributed by atoms with Gasteiger partial charge in [0.2, 0.25) is 5.82 Å². The van der Waals surface area contributed by atoms with Crippen molar-refractivity contribution in [2.24, 2.45) is 0 Å². The number of carbonyl (C=O) groups excluding carboxylic acids is 1. The number of aromatic nitrogens is 3. The number of H-pyrrole nitrogens is 1. The number of rotatable bonds is 6. The molecule has 1 amide bonds. The van der Waals surface area contributed by atoms with Crippen LogP contribution in [0.5, 0.6) is 0 Å². The van der Waals surface area contributed by atoms with Gasteiger partial charge in [0.25, 0.3) is 5.91 Å². The minimum Gasteiger partial charge on any atom is -0.349 e. The molecular weight excluding hydrogens is 259 g/mol. The highest BCUT2D eigenvalue weighted by Crippen LogP contribution is 2.06. The van der Waals surface area contributed by atoms with Crippen LogP contribution in [0.4, 0.5) is 4.39 Å². The number of nitrogens with zero attached hydrogens (tertiary/aromatic N) is 2. The largest absolute Gasteiger partial charge is 0.349 e. The van der Waals surface area contributed by atoms with E-state index in [-0.39, 0.29) is 17.5 Å². The van der Waals surface area contributed by atoms with E-state index in [1.54, 1.807) is 18.2 Å². The number of aromatic amines is 1. The van der Waals surface area contributed by atoms with E-state index in [9.17, 15) is 9.18 Å². The van der Waals surface area contributed by atoms with Gasteiger partial charge in [-0.05, 0) is 24.5 Å². The predicted molar refractivity (Wildman–Crippen MR) is 72.8 cm³/mol. The van der Waals surface area contributed by atoms with Crippen LogP contribution in [0.1, 0.15) is 35.4 Å². The van der Waals surface area contributed by atoms with Gasteiger partial charge in [-0.3, -0.25) is 9.89 Å². The number of hydrogen-bond acceptors (Lipinski definition) is 3. The number of nitrogens with one attached hydrogen (secondary N) is 2. The van der Waals surface area contributed by atoms with Crippen LogP contribution in [0.15, 0.2) is 24.3 Å². The van der Waals surface area contributed by atoms with Crippen molar-refractivity contribution in [2.45, 2.75) is 26.2 Å². The number of hydrogen-bond donors (Lipinski definition) is 2. The maximum absolute atomic E-state index is 13.4. The van der Waals surface area contributed by atoms with Crippen molar-refractivity contribution in [3.05, 3.63) is 47.3 Å². The Morgan fingerprint density at radius 1 is 1.35 bits per heavy atom. The highest BCUT2D eigenvalue weighted by Gasteiger charge is 2.11. The summed E-state index contributed by atoms with van der Waals surface area (Å²) in [6, 6.07) is 6.52. The molecular formula is C14H17FN4O. The quantitative estimate of drug-likeness (QED) is 0.846. The summed E-state index contributed by atoms with van der Waals surface area (Å²) in [5, 5.41) is 9.26. The molecule has 106 valence electrons. The van der Waals surface area contributed by atoms with Crippen molar-refractivity contribution in [2.75, 3.05) is 6.54 Å². The molecule has 0 radical (unpaired) electrons. The van der Waals surface area contributed by atoms with Crippen molar-refractivity contribution in [1.29, 1.82) is 0 Å². The third-order valence-corrected chi connectivity index (χ3v) is 2.86. The first-order valence-corrected chi connectivity index (χ1v) is 6.63. The number of carbonyl (C=O) groups is 1. The molecule has 0 spiro atoms. The topological polar surface area (TPSA) is 70.7 Å². The van der Waals surface area contributed by atoms with Crippen LogP contribution in [0.3, 0.4) is 0 Å². The predicted octanol–water partition coefficient (Wildman–Crippen LogP) is 1.87. The second kappa shape index (κ2) is 6.79. The first-order valence-electron chi connectivity index (χ1n) is 6.63. The van der Waals surface area contributed by atoms with Crippen LogP contribution in [-0.2, 0) is 12.8 Å². The fraction of sp³-hybridized carbons (Fsp3) is 0.357. The van der Waals surface area contributed by atoms with Crippen LogP contribution in [0, 0.1) is 5.82 Å². The molecule has 1 aromatic carbocycles. The van der Waals surface area contributed by atoms with Crippen LogP contribution < -0.4 is 5.32 Å². The van der Waals surface area contributed by atoms with E-state index >= 15 is 0 Å². The Labute approximate surface area is 116 Å². The molecule has 0 bridgehead atoms. The maximum atomic E-state index is 13.4. The third-order valence-electron chi connectivity index (χ3n) is 2.86. The van der Waals surface area contributed by atoms with Gasteiger partial charge in [-0.1, -0.05) is 25.1 Å². The molecule has 0 atom stereocenters. The van der Waals surface area contributed by atoms with Crippen molar-refractivity contribution in [3.8, 4) is 0 Å². The van der Waals surface area contributed by atoms with Crippen molar-refractivity contribution < 1.29 is 9.18 Å². The van der Waals surface area contributed by atoms with Crippen LogP contribution in [0.25, 0.3) is 0 Å². The molecule has 20 heavy (non-hydrogen) atoms. The summed E-state index contributed by atoms with van der Waals surface area (Å²) in [5.74, 6) is 0.221. The molecule has 2 N–H and O–H groups in total. The number of amides is 1. The summed E-state index contributed by atoms with van der Waals surface area (Å²) in [4.78, 5) is 15.9. The SMILES string of the molecule is CCCc1nc(C(=O)NCCc2ccccc2F)n[nH]1. The molecule has 6 heteroatoms. The highest BCUT2D eigenvalue weighted by molar-refractivity contribution is 5.90. The Morgan fingerprint density at radius 2 is 2.15 bits per heavy atom. The maximum Gasteiger partial charge on any atom is 0.290 e. The molecule has 0 saturated heterocycles. The Morgan fingerprint density at radius 3 is 2.90 bits per heavy atom. The summed E-state index contributed by atoms with van der Waals surface area (Å²) in [5.41, 5.74) is 0.578. The molecule has 0 fully saturated rings. The van der Waals surface area contributed by atoms with Gasteiger partial charge < -0.3 is 5.32 Å². The Balaban J connectivity index is 1.84. The molecule has 0 unspecified atom stereocenters.